The molecule has 0 aromatic carbocycles. The predicted octanol–water partition coefficient (Wildman–Crippen LogP) is 2.37. The van der Waals surface area contributed by atoms with Crippen molar-refractivity contribution in [3.8, 4) is 0 Å². The van der Waals surface area contributed by atoms with E-state index in [1.165, 1.54) is 25.0 Å². The third-order valence-corrected chi connectivity index (χ3v) is 3.98. The second kappa shape index (κ2) is 7.85. The summed E-state index contributed by atoms with van der Waals surface area (Å²) in [5, 5.41) is 6.44. The van der Waals surface area contributed by atoms with Crippen molar-refractivity contribution in [2.24, 2.45) is 0 Å². The standard InChI is InChI=1S/C11H22N2OS/c1-2-3-7-12-11(14)13-9-10-6-4-5-8-15-10/h10H,2-9H2,1H3,(H2,12,13,14). The van der Waals surface area contributed by atoms with Gasteiger partial charge >= 0.3 is 6.03 Å². The number of hydrogen-bond acceptors (Lipinski definition) is 2. The number of carbonyl (C=O) groups is 1. The lowest BCUT2D eigenvalue weighted by molar-refractivity contribution is 0.240. The lowest BCUT2D eigenvalue weighted by atomic mass is 10.2. The quantitative estimate of drug-likeness (QED) is 0.712. The first-order valence-corrected chi connectivity index (χ1v) is 7.01. The van der Waals surface area contributed by atoms with Gasteiger partial charge in [-0.2, -0.15) is 11.8 Å². The van der Waals surface area contributed by atoms with Crippen LogP contribution >= 0.6 is 11.8 Å². The molecule has 4 heteroatoms. The number of hydrogen-bond donors (Lipinski definition) is 2. The van der Waals surface area contributed by atoms with Gasteiger partial charge in [-0.3, -0.25) is 0 Å². The molecule has 0 aliphatic carbocycles. The summed E-state index contributed by atoms with van der Waals surface area (Å²) in [4.78, 5) is 11.3. The van der Waals surface area contributed by atoms with Gasteiger partial charge in [-0.25, -0.2) is 4.79 Å². The van der Waals surface area contributed by atoms with E-state index < -0.39 is 0 Å². The number of amides is 2. The van der Waals surface area contributed by atoms with Crippen molar-refractivity contribution in [1.82, 2.24) is 10.6 Å². The van der Waals surface area contributed by atoms with Crippen molar-refractivity contribution < 1.29 is 4.79 Å². The van der Waals surface area contributed by atoms with E-state index >= 15 is 0 Å². The zero-order valence-corrected chi connectivity index (χ0v) is 10.4. The van der Waals surface area contributed by atoms with Crippen LogP contribution in [0.1, 0.15) is 39.0 Å². The molecule has 0 bridgehead atoms. The van der Waals surface area contributed by atoms with Crippen LogP contribution in [-0.2, 0) is 0 Å². The minimum absolute atomic E-state index is 0.00498. The largest absolute Gasteiger partial charge is 0.338 e. The van der Waals surface area contributed by atoms with Gasteiger partial charge in [0.2, 0.25) is 0 Å². The van der Waals surface area contributed by atoms with Gasteiger partial charge in [-0.15, -0.1) is 0 Å². The molecule has 0 spiro atoms. The van der Waals surface area contributed by atoms with Gasteiger partial charge in [0.15, 0.2) is 0 Å². The Kier molecular flexibility index (Phi) is 6.64. The highest BCUT2D eigenvalue weighted by Gasteiger charge is 2.14. The topological polar surface area (TPSA) is 41.1 Å². The Hall–Kier alpha value is -0.380. The summed E-state index contributed by atoms with van der Waals surface area (Å²) in [5.41, 5.74) is 0. The van der Waals surface area contributed by atoms with Gasteiger partial charge in [0.25, 0.3) is 0 Å². The van der Waals surface area contributed by atoms with Crippen molar-refractivity contribution in [2.75, 3.05) is 18.8 Å². The maximum absolute atomic E-state index is 11.3. The van der Waals surface area contributed by atoms with E-state index in [0.717, 1.165) is 25.9 Å². The minimum Gasteiger partial charge on any atom is -0.338 e. The maximum Gasteiger partial charge on any atom is 0.314 e. The average Bonchev–Trinajstić information content (AvgIpc) is 2.28. The molecule has 3 nitrogen and oxygen atoms in total. The lowest BCUT2D eigenvalue weighted by Crippen LogP contribution is -2.39. The molecular formula is C11H22N2OS. The average molecular weight is 230 g/mol. The van der Waals surface area contributed by atoms with Crippen molar-refractivity contribution in [1.29, 1.82) is 0 Å². The molecule has 1 unspecified atom stereocenters. The number of rotatable bonds is 5. The third-order valence-electron chi connectivity index (χ3n) is 2.58. The fourth-order valence-electron chi connectivity index (χ4n) is 1.62. The Labute approximate surface area is 96.8 Å². The molecule has 0 saturated carbocycles. The summed E-state index contributed by atoms with van der Waals surface area (Å²) in [6, 6.07) is -0.00498. The van der Waals surface area contributed by atoms with Gasteiger partial charge in [0.1, 0.15) is 0 Å². The van der Waals surface area contributed by atoms with Crippen molar-refractivity contribution in [2.45, 2.75) is 44.3 Å². The minimum atomic E-state index is -0.00498. The molecular weight excluding hydrogens is 208 g/mol. The summed E-state index contributed by atoms with van der Waals surface area (Å²) < 4.78 is 0. The molecule has 1 fully saturated rings. The summed E-state index contributed by atoms with van der Waals surface area (Å²) in [6.45, 7) is 3.74. The van der Waals surface area contributed by atoms with E-state index in [4.69, 9.17) is 0 Å². The zero-order valence-electron chi connectivity index (χ0n) is 9.55. The number of urea groups is 1. The van der Waals surface area contributed by atoms with Crippen LogP contribution in [-0.4, -0.2) is 30.1 Å². The summed E-state index contributed by atoms with van der Waals surface area (Å²) in [5.74, 6) is 1.25. The Bertz CT molecular complexity index is 181. The highest BCUT2D eigenvalue weighted by molar-refractivity contribution is 7.99. The molecule has 0 aromatic heterocycles. The van der Waals surface area contributed by atoms with Crippen LogP contribution in [0.5, 0.6) is 0 Å². The van der Waals surface area contributed by atoms with Gasteiger partial charge < -0.3 is 10.6 Å². The fourth-order valence-corrected chi connectivity index (χ4v) is 2.85. The first kappa shape index (κ1) is 12.7. The monoisotopic (exact) mass is 230 g/mol. The fraction of sp³-hybridized carbons (Fsp3) is 0.909. The third kappa shape index (κ3) is 5.92. The highest BCUT2D eigenvalue weighted by Crippen LogP contribution is 2.24. The van der Waals surface area contributed by atoms with Crippen LogP contribution in [0.3, 0.4) is 0 Å². The molecule has 0 radical (unpaired) electrons. The molecule has 1 atom stereocenters. The Morgan fingerprint density at radius 2 is 2.27 bits per heavy atom. The smallest absolute Gasteiger partial charge is 0.314 e. The maximum atomic E-state index is 11.3. The molecule has 1 aliphatic heterocycles. The van der Waals surface area contributed by atoms with Crippen molar-refractivity contribution >= 4 is 17.8 Å². The summed E-state index contributed by atoms with van der Waals surface area (Å²) in [6.07, 6.45) is 6.09. The molecule has 2 amide bonds. The first-order chi connectivity index (χ1) is 7.33. The number of carbonyl (C=O) groups excluding carboxylic acids is 1. The van der Waals surface area contributed by atoms with Gasteiger partial charge in [-0.1, -0.05) is 19.8 Å². The number of thioether (sulfide) groups is 1. The first-order valence-electron chi connectivity index (χ1n) is 5.96. The van der Waals surface area contributed by atoms with E-state index in [-0.39, 0.29) is 6.03 Å². The van der Waals surface area contributed by atoms with Crippen LogP contribution in [0.4, 0.5) is 4.79 Å². The molecule has 1 heterocycles. The normalized spacial score (nSPS) is 21.0. The number of unbranched alkanes of at least 4 members (excludes halogenated alkanes) is 1. The Morgan fingerprint density at radius 1 is 1.40 bits per heavy atom. The van der Waals surface area contributed by atoms with E-state index in [9.17, 15) is 4.79 Å². The van der Waals surface area contributed by atoms with Gasteiger partial charge in [0, 0.05) is 18.3 Å². The van der Waals surface area contributed by atoms with Crippen LogP contribution in [0.2, 0.25) is 0 Å². The van der Waals surface area contributed by atoms with Crippen LogP contribution < -0.4 is 10.6 Å². The van der Waals surface area contributed by atoms with E-state index in [1.54, 1.807) is 0 Å². The van der Waals surface area contributed by atoms with Gasteiger partial charge in [-0.05, 0) is 25.0 Å². The summed E-state index contributed by atoms with van der Waals surface area (Å²) >= 11 is 1.99. The molecule has 0 aromatic rings. The Balaban J connectivity index is 2.00. The van der Waals surface area contributed by atoms with Crippen LogP contribution in [0, 0.1) is 0 Å². The second-order valence-electron chi connectivity index (χ2n) is 3.98. The molecule has 1 rings (SSSR count). The van der Waals surface area contributed by atoms with Crippen LogP contribution in [0.15, 0.2) is 0 Å². The number of nitrogens with one attached hydrogen (secondary N) is 2. The lowest BCUT2D eigenvalue weighted by Gasteiger charge is -2.21. The highest BCUT2D eigenvalue weighted by atomic mass is 32.2. The second-order valence-corrected chi connectivity index (χ2v) is 5.39. The van der Waals surface area contributed by atoms with E-state index in [0.29, 0.717) is 5.25 Å². The molecule has 2 N–H and O–H groups in total. The SMILES string of the molecule is CCCCNC(=O)NCC1CCCCS1. The Morgan fingerprint density at radius 3 is 2.93 bits per heavy atom. The molecule has 1 aliphatic rings. The van der Waals surface area contributed by atoms with Gasteiger partial charge in [0.05, 0.1) is 0 Å². The zero-order chi connectivity index (χ0) is 10.9. The van der Waals surface area contributed by atoms with Crippen molar-refractivity contribution in [3.63, 3.8) is 0 Å². The summed E-state index contributed by atoms with van der Waals surface area (Å²) in [7, 11) is 0. The molecule has 1 saturated heterocycles. The molecule has 88 valence electrons. The van der Waals surface area contributed by atoms with Crippen molar-refractivity contribution in [3.05, 3.63) is 0 Å². The predicted molar refractivity (Wildman–Crippen MR) is 66.4 cm³/mol. The molecule has 15 heavy (non-hydrogen) atoms. The van der Waals surface area contributed by atoms with E-state index in [1.807, 2.05) is 11.8 Å². The van der Waals surface area contributed by atoms with E-state index in [2.05, 4.69) is 17.6 Å². The van der Waals surface area contributed by atoms with Crippen LogP contribution in [0.25, 0.3) is 0 Å².